The molecule has 0 amide bonds. The number of rotatable bonds is 4. The molecule has 0 bridgehead atoms. The minimum atomic E-state index is -1.25. The zero-order chi connectivity index (χ0) is 30.0. The van der Waals surface area contributed by atoms with Gasteiger partial charge in [0.15, 0.2) is 6.29 Å². The molecule has 2 heterocycles. The standard InChI is InChI=1S/C34H56O8/c1-18-12-20(13-35)40-15-21-25(18)31(4)10-11-34-17-33(34)9-8-19(14-41-29-27(38)26(37)22(36)16-42-29)30(2,3)23(33)6-7-24(34)32(31,5)28(21)39/h18-29,35-39H,6-17H2,1-5H3/t18-,19-,20+,21?,22-,23+,24?,25+,26+,27-,28+,29?,31-,32-,33?,34?/m1/s1. The second kappa shape index (κ2) is 9.84. The van der Waals surface area contributed by atoms with Crippen LogP contribution in [-0.4, -0.2) is 88.8 Å². The fraction of sp³-hybridized carbons (Fsp3) is 1.00. The average molecular weight is 593 g/mol. The molecule has 5 unspecified atom stereocenters. The molecule has 5 N–H and O–H groups in total. The van der Waals surface area contributed by atoms with E-state index in [4.69, 9.17) is 14.2 Å². The van der Waals surface area contributed by atoms with Gasteiger partial charge in [-0.25, -0.2) is 0 Å². The molecule has 2 spiro atoms. The molecule has 8 heteroatoms. The highest BCUT2D eigenvalue weighted by molar-refractivity contribution is 5.32. The Morgan fingerprint density at radius 3 is 2.29 bits per heavy atom. The van der Waals surface area contributed by atoms with Crippen molar-refractivity contribution in [3.63, 3.8) is 0 Å². The second-order valence-corrected chi connectivity index (χ2v) is 17.0. The van der Waals surface area contributed by atoms with Gasteiger partial charge in [-0.05, 0) is 103 Å². The van der Waals surface area contributed by atoms with Crippen LogP contribution >= 0.6 is 0 Å². The SMILES string of the molecule is C[C@@H]1C[C@@H](CO)OCC2[C@H]1[C@@]1(C)CCC34CC35CC[C@H](COC3OC[C@@H](O)[C@H](O)[C@H]3O)C(C)(C)[C@@H]5CCC4[C@]1(C)[C@H]2O. The van der Waals surface area contributed by atoms with Gasteiger partial charge in [0.1, 0.15) is 18.3 Å². The number of aliphatic hydroxyl groups is 5. The van der Waals surface area contributed by atoms with Crippen LogP contribution < -0.4 is 0 Å². The summed E-state index contributed by atoms with van der Waals surface area (Å²) in [6.45, 7) is 13.2. The van der Waals surface area contributed by atoms with E-state index in [1.54, 1.807) is 0 Å². The Kier molecular flexibility index (Phi) is 7.11. The number of hydrogen-bond donors (Lipinski definition) is 5. The first kappa shape index (κ1) is 30.3. The van der Waals surface area contributed by atoms with E-state index in [-0.39, 0.29) is 47.6 Å². The maximum atomic E-state index is 12.3. The van der Waals surface area contributed by atoms with Crippen LogP contribution in [0.5, 0.6) is 0 Å². The number of hydrogen-bond acceptors (Lipinski definition) is 8. The van der Waals surface area contributed by atoms with Gasteiger partial charge in [-0.2, -0.15) is 0 Å². The van der Waals surface area contributed by atoms with Crippen molar-refractivity contribution >= 4 is 0 Å². The Hall–Kier alpha value is -0.320. The fourth-order valence-electron chi connectivity index (χ4n) is 13.4. The molecule has 42 heavy (non-hydrogen) atoms. The smallest absolute Gasteiger partial charge is 0.186 e. The third-order valence-corrected chi connectivity index (χ3v) is 15.6. The fourth-order valence-corrected chi connectivity index (χ4v) is 13.4. The molecule has 0 aromatic rings. The molecule has 7 fully saturated rings. The van der Waals surface area contributed by atoms with Crippen LogP contribution in [0.1, 0.15) is 86.0 Å². The van der Waals surface area contributed by atoms with Crippen molar-refractivity contribution in [3.8, 4) is 0 Å². The molecule has 2 aliphatic heterocycles. The van der Waals surface area contributed by atoms with Crippen LogP contribution in [0.25, 0.3) is 0 Å². The predicted octanol–water partition coefficient (Wildman–Crippen LogP) is 3.11. The van der Waals surface area contributed by atoms with Gasteiger partial charge in [0.2, 0.25) is 0 Å². The van der Waals surface area contributed by atoms with E-state index in [0.29, 0.717) is 53.6 Å². The lowest BCUT2D eigenvalue weighted by Gasteiger charge is -2.64. The summed E-state index contributed by atoms with van der Waals surface area (Å²) in [5.74, 6) is 2.41. The summed E-state index contributed by atoms with van der Waals surface area (Å²) in [6.07, 6.45) is 4.18. The predicted molar refractivity (Wildman–Crippen MR) is 155 cm³/mol. The molecule has 0 radical (unpaired) electrons. The van der Waals surface area contributed by atoms with Crippen molar-refractivity contribution in [2.75, 3.05) is 26.4 Å². The molecule has 2 saturated heterocycles. The van der Waals surface area contributed by atoms with E-state index in [9.17, 15) is 25.5 Å². The van der Waals surface area contributed by atoms with Crippen molar-refractivity contribution in [1.82, 2.24) is 0 Å². The largest absolute Gasteiger partial charge is 0.394 e. The third kappa shape index (κ3) is 3.70. The van der Waals surface area contributed by atoms with Crippen molar-refractivity contribution in [3.05, 3.63) is 0 Å². The molecule has 7 rings (SSSR count). The highest BCUT2D eigenvalue weighted by atomic mass is 16.7. The van der Waals surface area contributed by atoms with Crippen molar-refractivity contribution in [1.29, 1.82) is 0 Å². The van der Waals surface area contributed by atoms with Gasteiger partial charge in [0.25, 0.3) is 0 Å². The quantitative estimate of drug-likeness (QED) is 0.337. The zero-order valence-corrected chi connectivity index (χ0v) is 26.4. The van der Waals surface area contributed by atoms with Gasteiger partial charge >= 0.3 is 0 Å². The minimum absolute atomic E-state index is 0.0369. The lowest BCUT2D eigenvalue weighted by atomic mass is 9.41. The summed E-state index contributed by atoms with van der Waals surface area (Å²) < 4.78 is 17.9. The first-order valence-electron chi connectivity index (χ1n) is 17.0. The lowest BCUT2D eigenvalue weighted by molar-refractivity contribution is -0.277. The highest BCUT2D eigenvalue weighted by Gasteiger charge is 2.84. The third-order valence-electron chi connectivity index (χ3n) is 15.6. The van der Waals surface area contributed by atoms with Gasteiger partial charge in [-0.3, -0.25) is 0 Å². The molecular formula is C34H56O8. The summed E-state index contributed by atoms with van der Waals surface area (Å²) in [6, 6.07) is 0. The van der Waals surface area contributed by atoms with E-state index in [1.165, 1.54) is 32.1 Å². The first-order valence-corrected chi connectivity index (χ1v) is 17.0. The van der Waals surface area contributed by atoms with Gasteiger partial charge < -0.3 is 39.7 Å². The Morgan fingerprint density at radius 1 is 0.833 bits per heavy atom. The van der Waals surface area contributed by atoms with Crippen LogP contribution in [0, 0.1) is 62.6 Å². The van der Waals surface area contributed by atoms with Crippen LogP contribution in [0.2, 0.25) is 0 Å². The van der Waals surface area contributed by atoms with E-state index >= 15 is 0 Å². The van der Waals surface area contributed by atoms with Crippen LogP contribution in [0.3, 0.4) is 0 Å². The number of aliphatic hydroxyl groups excluding tert-OH is 5. The monoisotopic (exact) mass is 592 g/mol. The molecule has 5 saturated carbocycles. The lowest BCUT2D eigenvalue weighted by Crippen LogP contribution is -2.59. The van der Waals surface area contributed by atoms with Crippen molar-refractivity contribution in [2.24, 2.45) is 62.6 Å². The van der Waals surface area contributed by atoms with Crippen molar-refractivity contribution in [2.45, 2.75) is 123 Å². The van der Waals surface area contributed by atoms with E-state index in [0.717, 1.165) is 19.3 Å². The maximum absolute atomic E-state index is 12.3. The van der Waals surface area contributed by atoms with E-state index in [1.807, 2.05) is 0 Å². The topological polar surface area (TPSA) is 129 Å². The van der Waals surface area contributed by atoms with Gasteiger partial charge in [0.05, 0.1) is 38.6 Å². The summed E-state index contributed by atoms with van der Waals surface area (Å²) in [5, 5.41) is 52.5. The Bertz CT molecular complexity index is 1050. The normalized spacial score (nSPS) is 59.9. The zero-order valence-electron chi connectivity index (χ0n) is 26.4. The molecule has 8 nitrogen and oxygen atoms in total. The number of fused-ring (bicyclic) bond motifs is 4. The van der Waals surface area contributed by atoms with Crippen molar-refractivity contribution < 1.29 is 39.7 Å². The summed E-state index contributed by atoms with van der Waals surface area (Å²) >= 11 is 0. The summed E-state index contributed by atoms with van der Waals surface area (Å²) in [5.41, 5.74) is 0.626. The van der Waals surface area contributed by atoms with Crippen LogP contribution in [0.15, 0.2) is 0 Å². The summed E-state index contributed by atoms with van der Waals surface area (Å²) in [4.78, 5) is 0. The molecule has 7 aliphatic rings. The molecule has 5 aliphatic carbocycles. The number of ether oxygens (including phenoxy) is 3. The molecule has 0 aromatic heterocycles. The highest BCUT2D eigenvalue weighted by Crippen LogP contribution is 2.89. The van der Waals surface area contributed by atoms with Crippen LogP contribution in [-0.2, 0) is 14.2 Å². The maximum Gasteiger partial charge on any atom is 0.186 e. The molecule has 0 aromatic carbocycles. The van der Waals surface area contributed by atoms with Gasteiger partial charge in [0, 0.05) is 11.3 Å². The Morgan fingerprint density at radius 2 is 1.55 bits per heavy atom. The first-order chi connectivity index (χ1) is 19.8. The Balaban J connectivity index is 1.11. The van der Waals surface area contributed by atoms with Crippen LogP contribution in [0.4, 0.5) is 0 Å². The van der Waals surface area contributed by atoms with Gasteiger partial charge in [-0.15, -0.1) is 0 Å². The van der Waals surface area contributed by atoms with E-state index in [2.05, 4.69) is 34.6 Å². The second-order valence-electron chi connectivity index (χ2n) is 17.0. The summed E-state index contributed by atoms with van der Waals surface area (Å²) in [7, 11) is 0. The molecule has 16 atom stereocenters. The molecular weight excluding hydrogens is 536 g/mol. The van der Waals surface area contributed by atoms with E-state index < -0.39 is 24.6 Å². The average Bonchev–Trinajstić information content (AvgIpc) is 3.62. The molecule has 240 valence electrons. The van der Waals surface area contributed by atoms with Gasteiger partial charge in [-0.1, -0.05) is 34.6 Å². The Labute approximate surface area is 251 Å². The minimum Gasteiger partial charge on any atom is -0.394 e.